The number of ether oxygens (including phenoxy) is 2. The van der Waals surface area contributed by atoms with Crippen LogP contribution in [0.25, 0.3) is 22.5 Å². The number of nitrogens with zero attached hydrogens (tertiary/aromatic N) is 4. The van der Waals surface area contributed by atoms with Gasteiger partial charge in [-0.25, -0.2) is 9.97 Å². The molecular formula is C24H23N5O4. The summed E-state index contributed by atoms with van der Waals surface area (Å²) in [7, 11) is 0. The van der Waals surface area contributed by atoms with Gasteiger partial charge in [0.25, 0.3) is 0 Å². The van der Waals surface area contributed by atoms with E-state index in [1.165, 1.54) is 0 Å². The number of aliphatic carboxylic acids is 1. The number of aromatic nitrogens is 5. The van der Waals surface area contributed by atoms with Crippen molar-refractivity contribution in [2.45, 2.75) is 20.8 Å². The van der Waals surface area contributed by atoms with E-state index in [9.17, 15) is 9.90 Å². The van der Waals surface area contributed by atoms with Crippen molar-refractivity contribution in [1.29, 1.82) is 0 Å². The van der Waals surface area contributed by atoms with Gasteiger partial charge in [-0.1, -0.05) is 30.3 Å². The first-order chi connectivity index (χ1) is 15.8. The van der Waals surface area contributed by atoms with E-state index in [2.05, 4.69) is 25.1 Å². The van der Waals surface area contributed by atoms with Gasteiger partial charge >= 0.3 is 12.0 Å². The number of hydrogen-bond acceptors (Lipinski definition) is 7. The maximum Gasteiger partial charge on any atom is 0.342 e. The molecule has 0 atom stereocenters. The molecular weight excluding hydrogens is 422 g/mol. The molecule has 4 rings (SSSR count). The smallest absolute Gasteiger partial charge is 0.342 e. The lowest BCUT2D eigenvalue weighted by Crippen LogP contribution is -2.30. The molecule has 0 aliphatic heterocycles. The Kier molecular flexibility index (Phi) is 6.03. The Bertz CT molecular complexity index is 1250. The van der Waals surface area contributed by atoms with Gasteiger partial charge in [-0.05, 0) is 38.5 Å². The number of carboxylic acid groups (broad SMARTS) is 1. The summed E-state index contributed by atoms with van der Waals surface area (Å²) in [4.78, 5) is 24.1. The van der Waals surface area contributed by atoms with E-state index in [-0.39, 0.29) is 12.6 Å². The van der Waals surface area contributed by atoms with E-state index in [0.29, 0.717) is 17.6 Å². The molecule has 0 bridgehead atoms. The van der Waals surface area contributed by atoms with Gasteiger partial charge in [0.15, 0.2) is 5.82 Å². The van der Waals surface area contributed by atoms with Crippen molar-refractivity contribution >= 4 is 5.97 Å². The third-order valence-electron chi connectivity index (χ3n) is 4.91. The summed E-state index contributed by atoms with van der Waals surface area (Å²) in [5.74, 6) is 0.466. The summed E-state index contributed by atoms with van der Waals surface area (Å²) >= 11 is 0. The van der Waals surface area contributed by atoms with Crippen molar-refractivity contribution < 1.29 is 19.4 Å². The highest BCUT2D eigenvalue weighted by molar-refractivity contribution is 5.73. The van der Waals surface area contributed by atoms with Gasteiger partial charge < -0.3 is 14.6 Å². The van der Waals surface area contributed by atoms with Crippen molar-refractivity contribution in [3.63, 3.8) is 0 Å². The molecule has 0 saturated heterocycles. The third kappa shape index (κ3) is 5.32. The van der Waals surface area contributed by atoms with E-state index in [4.69, 9.17) is 9.47 Å². The van der Waals surface area contributed by atoms with Crippen molar-refractivity contribution in [2.75, 3.05) is 6.61 Å². The molecule has 0 saturated carbocycles. The van der Waals surface area contributed by atoms with Crippen LogP contribution < -0.4 is 9.47 Å². The Balaban J connectivity index is 1.41. The Hall–Kier alpha value is -4.27. The van der Waals surface area contributed by atoms with Crippen LogP contribution in [-0.2, 0) is 4.79 Å². The predicted octanol–water partition coefficient (Wildman–Crippen LogP) is 4.52. The van der Waals surface area contributed by atoms with Gasteiger partial charge in [-0.2, -0.15) is 4.98 Å². The molecule has 168 valence electrons. The Morgan fingerprint density at radius 1 is 0.970 bits per heavy atom. The molecule has 9 nitrogen and oxygen atoms in total. The second-order valence-corrected chi connectivity index (χ2v) is 8.13. The molecule has 9 heteroatoms. The molecule has 0 amide bonds. The van der Waals surface area contributed by atoms with E-state index in [1.807, 2.05) is 49.4 Å². The zero-order valence-corrected chi connectivity index (χ0v) is 18.4. The molecule has 0 fully saturated rings. The van der Waals surface area contributed by atoms with Gasteiger partial charge in [0.05, 0.1) is 5.41 Å². The van der Waals surface area contributed by atoms with E-state index < -0.39 is 11.4 Å². The second kappa shape index (κ2) is 9.07. The highest BCUT2D eigenvalue weighted by Gasteiger charge is 2.28. The van der Waals surface area contributed by atoms with Crippen LogP contribution in [-0.4, -0.2) is 42.8 Å². The molecule has 1 aromatic carbocycles. The summed E-state index contributed by atoms with van der Waals surface area (Å²) in [5.41, 5.74) is 2.57. The van der Waals surface area contributed by atoms with Gasteiger partial charge in [0.2, 0.25) is 11.8 Å². The fraction of sp³-hybridized carbons (Fsp3) is 0.208. The molecule has 0 radical (unpaired) electrons. The normalized spacial score (nSPS) is 11.2. The minimum atomic E-state index is -0.988. The number of carboxylic acids is 1. The SMILES string of the molecule is Cc1cccc(Oc2n[nH]c(-c3ccc(-c4ccc(OCC(C)(C)C(=O)O)nc4)cc3)n2)n1. The Morgan fingerprint density at radius 2 is 1.70 bits per heavy atom. The molecule has 2 N–H and O–H groups in total. The molecule has 3 aromatic heterocycles. The van der Waals surface area contributed by atoms with Gasteiger partial charge in [-0.15, -0.1) is 5.10 Å². The number of carbonyl (C=O) groups is 1. The van der Waals surface area contributed by atoms with Crippen molar-refractivity contribution in [2.24, 2.45) is 5.41 Å². The van der Waals surface area contributed by atoms with Crippen LogP contribution in [0.2, 0.25) is 0 Å². The quantitative estimate of drug-likeness (QED) is 0.406. The molecule has 0 spiro atoms. The standard InChI is InChI=1S/C24H23N5O4/c1-15-5-4-6-20(26-15)33-23-27-21(28-29-23)17-9-7-16(8-10-17)18-11-12-19(25-13-18)32-14-24(2,3)22(30)31/h4-13H,14H2,1-3H3,(H,30,31)(H,27,28,29). The number of pyridine rings is 2. The first-order valence-corrected chi connectivity index (χ1v) is 10.3. The average molecular weight is 445 g/mol. The lowest BCUT2D eigenvalue weighted by molar-refractivity contribution is -0.148. The Morgan fingerprint density at radius 3 is 2.36 bits per heavy atom. The van der Waals surface area contributed by atoms with Crippen LogP contribution in [0.3, 0.4) is 0 Å². The third-order valence-corrected chi connectivity index (χ3v) is 4.91. The van der Waals surface area contributed by atoms with Crippen LogP contribution >= 0.6 is 0 Å². The van der Waals surface area contributed by atoms with Crippen LogP contribution in [0.1, 0.15) is 19.5 Å². The predicted molar refractivity (Wildman–Crippen MR) is 121 cm³/mol. The first-order valence-electron chi connectivity index (χ1n) is 10.3. The number of nitrogens with one attached hydrogen (secondary N) is 1. The van der Waals surface area contributed by atoms with Crippen LogP contribution in [0.15, 0.2) is 60.8 Å². The van der Waals surface area contributed by atoms with E-state index in [1.54, 1.807) is 32.2 Å². The minimum absolute atomic E-state index is 0.0339. The summed E-state index contributed by atoms with van der Waals surface area (Å²) in [6.07, 6.45) is 1.69. The Labute approximate surface area is 190 Å². The van der Waals surface area contributed by atoms with Crippen LogP contribution in [0.5, 0.6) is 17.8 Å². The number of aryl methyl sites for hydroxylation is 1. The average Bonchev–Trinajstić information content (AvgIpc) is 3.26. The first kappa shape index (κ1) is 21.9. The highest BCUT2D eigenvalue weighted by Crippen LogP contribution is 2.26. The largest absolute Gasteiger partial charge is 0.481 e. The highest BCUT2D eigenvalue weighted by atomic mass is 16.5. The van der Waals surface area contributed by atoms with Crippen LogP contribution in [0, 0.1) is 12.3 Å². The lowest BCUT2D eigenvalue weighted by atomic mass is 9.95. The van der Waals surface area contributed by atoms with Crippen LogP contribution in [0.4, 0.5) is 0 Å². The summed E-state index contributed by atoms with van der Waals surface area (Å²) in [6, 6.07) is 17.0. The van der Waals surface area contributed by atoms with Gasteiger partial charge in [0.1, 0.15) is 6.61 Å². The second-order valence-electron chi connectivity index (χ2n) is 8.13. The summed E-state index contributed by atoms with van der Waals surface area (Å²) in [5, 5.41) is 16.1. The number of H-pyrrole nitrogens is 1. The van der Waals surface area contributed by atoms with E-state index >= 15 is 0 Å². The maximum atomic E-state index is 11.2. The topological polar surface area (TPSA) is 123 Å². The maximum absolute atomic E-state index is 11.2. The zero-order valence-electron chi connectivity index (χ0n) is 18.4. The minimum Gasteiger partial charge on any atom is -0.481 e. The van der Waals surface area contributed by atoms with Crippen molar-refractivity contribution in [3.8, 4) is 40.3 Å². The number of benzene rings is 1. The molecule has 4 aromatic rings. The number of hydrogen-bond donors (Lipinski definition) is 2. The van der Waals surface area contributed by atoms with Gasteiger partial charge in [0, 0.05) is 35.2 Å². The van der Waals surface area contributed by atoms with Crippen molar-refractivity contribution in [1.82, 2.24) is 25.1 Å². The zero-order chi connectivity index (χ0) is 23.4. The molecule has 0 aliphatic rings. The summed E-state index contributed by atoms with van der Waals surface area (Å²) in [6.45, 7) is 5.13. The molecule has 0 aliphatic carbocycles. The lowest BCUT2D eigenvalue weighted by Gasteiger charge is -2.18. The number of rotatable bonds is 8. The number of aromatic amines is 1. The van der Waals surface area contributed by atoms with Crippen molar-refractivity contribution in [3.05, 3.63) is 66.5 Å². The van der Waals surface area contributed by atoms with Gasteiger partial charge in [-0.3, -0.25) is 9.89 Å². The fourth-order valence-corrected chi connectivity index (χ4v) is 2.86. The van der Waals surface area contributed by atoms with E-state index in [0.717, 1.165) is 22.4 Å². The molecule has 0 unspecified atom stereocenters. The fourth-order valence-electron chi connectivity index (χ4n) is 2.86. The molecule has 3 heterocycles. The summed E-state index contributed by atoms with van der Waals surface area (Å²) < 4.78 is 11.1. The monoisotopic (exact) mass is 445 g/mol. The molecule has 33 heavy (non-hydrogen) atoms.